The van der Waals surface area contributed by atoms with Gasteiger partial charge in [0.05, 0.1) is 12.6 Å². The molecule has 0 fully saturated rings. The summed E-state index contributed by atoms with van der Waals surface area (Å²) in [7, 11) is -3.78. The van der Waals surface area contributed by atoms with E-state index in [4.69, 9.17) is 16.0 Å². The molecule has 0 aliphatic rings. The van der Waals surface area contributed by atoms with Gasteiger partial charge in [0.15, 0.2) is 0 Å². The van der Waals surface area contributed by atoms with Crippen molar-refractivity contribution < 1.29 is 12.8 Å². The largest absolute Gasteiger partial charge is 0.447 e. The summed E-state index contributed by atoms with van der Waals surface area (Å²) in [5.41, 5.74) is 0. The number of primary sulfonamides is 1. The average molecular weight is 256 g/mol. The molecule has 0 aliphatic carbocycles. The van der Waals surface area contributed by atoms with E-state index in [-0.39, 0.29) is 17.1 Å². The molecule has 0 spiro atoms. The first-order valence-corrected chi connectivity index (χ1v) is 6.70. The zero-order valence-corrected chi connectivity index (χ0v) is 10.6. The second-order valence-corrected chi connectivity index (χ2v) is 5.53. The smallest absolute Gasteiger partial charge is 0.271 e. The van der Waals surface area contributed by atoms with Crippen molar-refractivity contribution >= 4 is 10.0 Å². The Morgan fingerprint density at radius 1 is 1.53 bits per heavy atom. The van der Waals surface area contributed by atoms with Gasteiger partial charge in [-0.2, -0.15) is 0 Å². The summed E-state index contributed by atoms with van der Waals surface area (Å²) in [6, 6.07) is 2.80. The zero-order valence-electron chi connectivity index (χ0n) is 9.80. The van der Waals surface area contributed by atoms with E-state index in [0.717, 1.165) is 0 Å². The minimum atomic E-state index is -3.78. The molecule has 3 N–H and O–H groups in total. The molecule has 0 amide bonds. The average Bonchev–Trinajstić information content (AvgIpc) is 2.66. The maximum atomic E-state index is 11.0. The Kier molecular flexibility index (Phi) is 4.34. The summed E-state index contributed by atoms with van der Waals surface area (Å²) >= 11 is 0. The van der Waals surface area contributed by atoms with Gasteiger partial charge in [0, 0.05) is 0 Å². The molecular formula is C11H16N2O3S. The van der Waals surface area contributed by atoms with Crippen LogP contribution >= 0.6 is 0 Å². The second-order valence-electron chi connectivity index (χ2n) is 4.04. The van der Waals surface area contributed by atoms with Gasteiger partial charge in [0.2, 0.25) is 5.09 Å². The molecule has 0 radical (unpaired) electrons. The monoisotopic (exact) mass is 256 g/mol. The zero-order chi connectivity index (χ0) is 13.1. The molecule has 17 heavy (non-hydrogen) atoms. The van der Waals surface area contributed by atoms with Crippen LogP contribution < -0.4 is 10.5 Å². The van der Waals surface area contributed by atoms with Crippen molar-refractivity contribution in [2.45, 2.75) is 31.5 Å². The molecule has 1 atom stereocenters. The van der Waals surface area contributed by atoms with E-state index in [2.05, 4.69) is 11.2 Å². The molecule has 0 saturated heterocycles. The van der Waals surface area contributed by atoms with Crippen LogP contribution in [0.2, 0.25) is 0 Å². The van der Waals surface area contributed by atoms with Crippen molar-refractivity contribution in [1.29, 1.82) is 0 Å². The third kappa shape index (κ3) is 3.89. The van der Waals surface area contributed by atoms with Crippen molar-refractivity contribution in [2.75, 3.05) is 0 Å². The summed E-state index contributed by atoms with van der Waals surface area (Å²) in [6.07, 6.45) is 5.35. The summed E-state index contributed by atoms with van der Waals surface area (Å²) in [4.78, 5) is 0. The van der Waals surface area contributed by atoms with E-state index in [0.29, 0.717) is 12.3 Å². The van der Waals surface area contributed by atoms with Crippen LogP contribution in [0.1, 0.15) is 19.6 Å². The van der Waals surface area contributed by atoms with E-state index >= 15 is 0 Å². The highest BCUT2D eigenvalue weighted by Gasteiger charge is 2.14. The highest BCUT2D eigenvalue weighted by Crippen LogP contribution is 2.12. The fraction of sp³-hybridized carbons (Fsp3) is 0.455. The fourth-order valence-corrected chi connectivity index (χ4v) is 1.78. The number of nitrogens with two attached hydrogens (primary N) is 1. The first-order chi connectivity index (χ1) is 7.84. The van der Waals surface area contributed by atoms with Gasteiger partial charge >= 0.3 is 0 Å². The Labute approximate surface area is 101 Å². The molecule has 0 bridgehead atoms. The van der Waals surface area contributed by atoms with Crippen molar-refractivity contribution in [3.63, 3.8) is 0 Å². The van der Waals surface area contributed by atoms with Crippen LogP contribution in [0.4, 0.5) is 0 Å². The molecule has 1 rings (SSSR count). The minimum Gasteiger partial charge on any atom is -0.447 e. The topological polar surface area (TPSA) is 85.3 Å². The fourth-order valence-electron chi connectivity index (χ4n) is 1.30. The van der Waals surface area contributed by atoms with Crippen LogP contribution in [0.15, 0.2) is 21.6 Å². The molecule has 0 aliphatic heterocycles. The third-order valence-corrected chi connectivity index (χ3v) is 3.04. The Balaban J connectivity index is 2.66. The molecule has 0 aromatic carbocycles. The van der Waals surface area contributed by atoms with Gasteiger partial charge in [-0.3, -0.25) is 5.32 Å². The predicted octanol–water partition coefficient (Wildman–Crippen LogP) is 0.674. The maximum absolute atomic E-state index is 11.0. The number of rotatable bonds is 5. The third-order valence-electron chi connectivity index (χ3n) is 2.26. The van der Waals surface area contributed by atoms with Gasteiger partial charge in [0.25, 0.3) is 10.0 Å². The maximum Gasteiger partial charge on any atom is 0.271 e. The van der Waals surface area contributed by atoms with E-state index in [1.807, 2.05) is 13.8 Å². The van der Waals surface area contributed by atoms with Gasteiger partial charge < -0.3 is 4.42 Å². The summed E-state index contributed by atoms with van der Waals surface area (Å²) in [5.74, 6) is 3.38. The molecule has 1 aromatic heterocycles. The van der Waals surface area contributed by atoms with Crippen LogP contribution in [0.3, 0.4) is 0 Å². The van der Waals surface area contributed by atoms with E-state index in [1.54, 1.807) is 6.07 Å². The van der Waals surface area contributed by atoms with E-state index in [1.165, 1.54) is 6.07 Å². The number of hydrogen-bond donors (Lipinski definition) is 2. The van der Waals surface area contributed by atoms with Crippen molar-refractivity contribution in [3.8, 4) is 12.3 Å². The van der Waals surface area contributed by atoms with Gasteiger partial charge in [-0.1, -0.05) is 19.8 Å². The van der Waals surface area contributed by atoms with Gasteiger partial charge in [0.1, 0.15) is 5.76 Å². The normalized spacial score (nSPS) is 13.6. The summed E-state index contributed by atoms with van der Waals surface area (Å²) in [5, 5.41) is 7.77. The first kappa shape index (κ1) is 13.8. The van der Waals surface area contributed by atoms with Gasteiger partial charge in [-0.15, -0.1) is 6.42 Å². The Bertz CT molecular complexity index is 511. The lowest BCUT2D eigenvalue weighted by atomic mass is 10.1. The van der Waals surface area contributed by atoms with E-state index < -0.39 is 10.0 Å². The van der Waals surface area contributed by atoms with Crippen molar-refractivity contribution in [3.05, 3.63) is 17.9 Å². The molecule has 0 saturated carbocycles. The number of sulfonamides is 1. The van der Waals surface area contributed by atoms with Gasteiger partial charge in [-0.05, 0) is 18.1 Å². The van der Waals surface area contributed by atoms with Gasteiger partial charge in [-0.25, -0.2) is 13.6 Å². The van der Waals surface area contributed by atoms with Crippen molar-refractivity contribution in [1.82, 2.24) is 5.32 Å². The molecular weight excluding hydrogens is 240 g/mol. The van der Waals surface area contributed by atoms with Crippen LogP contribution in [-0.2, 0) is 16.6 Å². The van der Waals surface area contributed by atoms with E-state index in [9.17, 15) is 8.42 Å². The number of hydrogen-bond acceptors (Lipinski definition) is 4. The lowest BCUT2D eigenvalue weighted by Gasteiger charge is -2.15. The minimum absolute atomic E-state index is 0.0852. The summed E-state index contributed by atoms with van der Waals surface area (Å²) < 4.78 is 27.0. The van der Waals surface area contributed by atoms with Crippen molar-refractivity contribution in [2.24, 2.45) is 11.1 Å². The number of nitrogens with one attached hydrogen (secondary N) is 1. The highest BCUT2D eigenvalue weighted by atomic mass is 32.2. The molecule has 1 heterocycles. The second kappa shape index (κ2) is 5.36. The summed E-state index contributed by atoms with van der Waals surface area (Å²) in [6.45, 7) is 4.35. The lowest BCUT2D eigenvalue weighted by Crippen LogP contribution is -2.31. The molecule has 6 heteroatoms. The van der Waals surface area contributed by atoms with Crippen LogP contribution in [-0.4, -0.2) is 14.5 Å². The standard InChI is InChI=1S/C11H16N2O3S/c1-4-10(8(2)3)13-7-9-5-6-11(16-9)17(12,14)15/h1,5-6,8,10,13H,7H2,2-3H3,(H2,12,14,15). The van der Waals surface area contributed by atoms with Crippen LogP contribution in [0.5, 0.6) is 0 Å². The number of furan rings is 1. The van der Waals surface area contributed by atoms with Crippen LogP contribution in [0.25, 0.3) is 0 Å². The van der Waals surface area contributed by atoms with Crippen LogP contribution in [0, 0.1) is 18.3 Å². The SMILES string of the molecule is C#CC(NCc1ccc(S(N)(=O)=O)o1)C(C)C. The molecule has 1 aromatic rings. The Morgan fingerprint density at radius 3 is 2.59 bits per heavy atom. The molecule has 1 unspecified atom stereocenters. The predicted molar refractivity (Wildman–Crippen MR) is 64.4 cm³/mol. The Morgan fingerprint density at radius 2 is 2.18 bits per heavy atom. The highest BCUT2D eigenvalue weighted by molar-refractivity contribution is 7.89. The Hall–Kier alpha value is -1.29. The quantitative estimate of drug-likeness (QED) is 0.758. The first-order valence-electron chi connectivity index (χ1n) is 5.15. The molecule has 94 valence electrons. The number of terminal acetylenes is 1. The molecule has 5 nitrogen and oxygen atoms in total. The lowest BCUT2D eigenvalue weighted by molar-refractivity contribution is 0.384.